The van der Waals surface area contributed by atoms with Crippen molar-refractivity contribution in [1.82, 2.24) is 4.57 Å². The van der Waals surface area contributed by atoms with Gasteiger partial charge in [0.1, 0.15) is 16.7 Å². The van der Waals surface area contributed by atoms with Crippen LogP contribution in [0.25, 0.3) is 0 Å². The number of nitrogens with zero attached hydrogens (tertiary/aromatic N) is 1. The number of esters is 1. The average molecular weight is 328 g/mol. The molecule has 0 aliphatic heterocycles. The molecule has 112 valence electrons. The van der Waals surface area contributed by atoms with Gasteiger partial charge in [-0.25, -0.2) is 22.0 Å². The molecule has 20 heavy (non-hydrogen) atoms. The highest BCUT2D eigenvalue weighted by molar-refractivity contribution is 8.13. The molecule has 1 aromatic rings. The standard InChI is InChI=1S/C11H12ClF2NO4S/c12-20(17,18)8-4-9(15(5-8)6-10(13)14)11(16)19-7-2-1-3-7/h4-5,7,10H,1-3,6H2. The van der Waals surface area contributed by atoms with Gasteiger partial charge in [0.15, 0.2) is 0 Å². The molecule has 1 aromatic heterocycles. The minimum atomic E-state index is -4.10. The van der Waals surface area contributed by atoms with Crippen molar-refractivity contribution in [3.8, 4) is 0 Å². The Bertz CT molecular complexity index is 610. The van der Waals surface area contributed by atoms with E-state index in [1.165, 1.54) is 0 Å². The molecule has 9 heteroatoms. The fraction of sp³-hybridized carbons (Fsp3) is 0.545. The number of hydrogen-bond donors (Lipinski definition) is 0. The Balaban J connectivity index is 2.28. The van der Waals surface area contributed by atoms with Crippen LogP contribution in [-0.2, 0) is 20.3 Å². The van der Waals surface area contributed by atoms with Crippen LogP contribution in [0.5, 0.6) is 0 Å². The van der Waals surface area contributed by atoms with Gasteiger partial charge in [0.05, 0.1) is 6.54 Å². The molecule has 1 saturated carbocycles. The van der Waals surface area contributed by atoms with E-state index in [-0.39, 0.29) is 11.8 Å². The maximum atomic E-state index is 12.5. The first-order valence-electron chi connectivity index (χ1n) is 5.91. The van der Waals surface area contributed by atoms with Crippen LogP contribution in [0.15, 0.2) is 17.2 Å². The molecule has 0 radical (unpaired) electrons. The molecule has 0 N–H and O–H groups in total. The normalized spacial score (nSPS) is 16.2. The third-order valence-corrected chi connectivity index (χ3v) is 4.34. The first kappa shape index (κ1) is 15.2. The first-order valence-corrected chi connectivity index (χ1v) is 8.22. The van der Waals surface area contributed by atoms with Crippen molar-refractivity contribution >= 4 is 25.7 Å². The van der Waals surface area contributed by atoms with Gasteiger partial charge < -0.3 is 9.30 Å². The molecule has 1 heterocycles. The summed E-state index contributed by atoms with van der Waals surface area (Å²) in [6.07, 6.45) is 0.338. The first-order chi connectivity index (χ1) is 9.27. The smallest absolute Gasteiger partial charge is 0.355 e. The lowest BCUT2D eigenvalue weighted by Crippen LogP contribution is -2.26. The van der Waals surface area contributed by atoms with Crippen LogP contribution in [0.4, 0.5) is 8.78 Å². The van der Waals surface area contributed by atoms with Crippen LogP contribution in [0, 0.1) is 0 Å². The van der Waals surface area contributed by atoms with Crippen LogP contribution in [0.2, 0.25) is 0 Å². The third-order valence-electron chi connectivity index (χ3n) is 3.02. The van der Waals surface area contributed by atoms with Gasteiger partial charge in [-0.3, -0.25) is 0 Å². The van der Waals surface area contributed by atoms with Gasteiger partial charge in [0.25, 0.3) is 15.5 Å². The number of halogens is 3. The molecule has 0 bridgehead atoms. The molecule has 1 fully saturated rings. The molecule has 0 unspecified atom stereocenters. The molecular weight excluding hydrogens is 316 g/mol. The summed E-state index contributed by atoms with van der Waals surface area (Å²) in [4.78, 5) is 11.5. The molecule has 0 atom stereocenters. The Hall–Kier alpha value is -1.15. The molecule has 1 aliphatic carbocycles. The molecular formula is C11H12ClF2NO4S. The number of aromatic nitrogens is 1. The number of rotatable bonds is 5. The molecule has 2 rings (SSSR count). The Morgan fingerprint density at radius 2 is 2.15 bits per heavy atom. The number of ether oxygens (including phenoxy) is 1. The van der Waals surface area contributed by atoms with Gasteiger partial charge in [-0.15, -0.1) is 0 Å². The Morgan fingerprint density at radius 1 is 1.50 bits per heavy atom. The SMILES string of the molecule is O=C(OC1CCC1)c1cc(S(=O)(=O)Cl)cn1CC(F)F. The van der Waals surface area contributed by atoms with Gasteiger partial charge in [-0.2, -0.15) is 0 Å². The third kappa shape index (κ3) is 3.49. The lowest BCUT2D eigenvalue weighted by molar-refractivity contribution is 0.00750. The Labute approximate surface area is 118 Å². The van der Waals surface area contributed by atoms with E-state index in [1.54, 1.807) is 0 Å². The highest BCUT2D eigenvalue weighted by Crippen LogP contribution is 2.25. The summed E-state index contributed by atoms with van der Waals surface area (Å²) in [6.45, 7) is -0.804. The highest BCUT2D eigenvalue weighted by Gasteiger charge is 2.27. The summed E-state index contributed by atoms with van der Waals surface area (Å²) in [5, 5.41) is 0. The predicted octanol–water partition coefficient (Wildman–Crippen LogP) is 2.39. The maximum absolute atomic E-state index is 12.5. The fourth-order valence-electron chi connectivity index (χ4n) is 1.79. The number of carbonyl (C=O) groups is 1. The van der Waals surface area contributed by atoms with Crippen LogP contribution in [0.1, 0.15) is 29.8 Å². The highest BCUT2D eigenvalue weighted by atomic mass is 35.7. The molecule has 0 saturated heterocycles. The predicted molar refractivity (Wildman–Crippen MR) is 66.5 cm³/mol. The van der Waals surface area contributed by atoms with E-state index >= 15 is 0 Å². The van der Waals surface area contributed by atoms with Crippen molar-refractivity contribution < 1.29 is 26.7 Å². The van der Waals surface area contributed by atoms with Crippen LogP contribution >= 0.6 is 10.7 Å². The van der Waals surface area contributed by atoms with Gasteiger partial charge in [0, 0.05) is 16.9 Å². The van der Waals surface area contributed by atoms with Gasteiger partial charge in [0.2, 0.25) is 0 Å². The summed E-state index contributed by atoms with van der Waals surface area (Å²) in [7, 11) is 1.05. The number of hydrogen-bond acceptors (Lipinski definition) is 4. The van der Waals surface area contributed by atoms with Gasteiger partial charge >= 0.3 is 5.97 Å². The summed E-state index contributed by atoms with van der Waals surface area (Å²) < 4.78 is 53.3. The van der Waals surface area contributed by atoms with Crippen molar-refractivity contribution in [3.63, 3.8) is 0 Å². The average Bonchev–Trinajstić information content (AvgIpc) is 2.65. The Morgan fingerprint density at radius 3 is 2.60 bits per heavy atom. The zero-order chi connectivity index (χ0) is 14.9. The molecule has 0 spiro atoms. The zero-order valence-corrected chi connectivity index (χ0v) is 11.8. The molecule has 5 nitrogen and oxygen atoms in total. The van der Waals surface area contributed by atoms with Crippen molar-refractivity contribution in [2.75, 3.05) is 0 Å². The van der Waals surface area contributed by atoms with E-state index in [0.29, 0.717) is 0 Å². The van der Waals surface area contributed by atoms with E-state index in [2.05, 4.69) is 0 Å². The molecule has 0 amide bonds. The summed E-state index contributed by atoms with van der Waals surface area (Å²) in [6, 6.07) is 0.950. The summed E-state index contributed by atoms with van der Waals surface area (Å²) in [5.41, 5.74) is -0.239. The van der Waals surface area contributed by atoms with Crippen LogP contribution < -0.4 is 0 Å². The zero-order valence-electron chi connectivity index (χ0n) is 10.3. The number of alkyl halides is 2. The largest absolute Gasteiger partial charge is 0.458 e. The van der Waals surface area contributed by atoms with Crippen molar-refractivity contribution in [3.05, 3.63) is 18.0 Å². The van der Waals surface area contributed by atoms with Gasteiger partial charge in [-0.1, -0.05) is 0 Å². The fourth-order valence-corrected chi connectivity index (χ4v) is 2.55. The second-order valence-electron chi connectivity index (χ2n) is 4.50. The van der Waals surface area contributed by atoms with E-state index in [0.717, 1.165) is 36.1 Å². The lowest BCUT2D eigenvalue weighted by atomic mass is 9.96. The molecule has 0 aromatic carbocycles. The van der Waals surface area contributed by atoms with E-state index < -0.39 is 32.9 Å². The second-order valence-corrected chi connectivity index (χ2v) is 7.07. The summed E-state index contributed by atoms with van der Waals surface area (Å²) in [5.74, 6) is -0.818. The summed E-state index contributed by atoms with van der Waals surface area (Å²) >= 11 is 0. The monoisotopic (exact) mass is 327 g/mol. The van der Waals surface area contributed by atoms with Crippen molar-refractivity contribution in [2.24, 2.45) is 0 Å². The van der Waals surface area contributed by atoms with E-state index in [9.17, 15) is 22.0 Å². The number of carbonyl (C=O) groups excluding carboxylic acids is 1. The second kappa shape index (κ2) is 5.69. The van der Waals surface area contributed by atoms with E-state index in [1.807, 2.05) is 0 Å². The van der Waals surface area contributed by atoms with Crippen molar-refractivity contribution in [2.45, 2.75) is 43.2 Å². The maximum Gasteiger partial charge on any atom is 0.355 e. The van der Waals surface area contributed by atoms with Crippen LogP contribution in [-0.4, -0.2) is 31.5 Å². The lowest BCUT2D eigenvalue weighted by Gasteiger charge is -2.25. The molecule has 1 aliphatic rings. The van der Waals surface area contributed by atoms with E-state index in [4.69, 9.17) is 15.4 Å². The minimum absolute atomic E-state index is 0.228. The minimum Gasteiger partial charge on any atom is -0.458 e. The quantitative estimate of drug-likeness (QED) is 0.615. The van der Waals surface area contributed by atoms with Crippen LogP contribution in [0.3, 0.4) is 0 Å². The topological polar surface area (TPSA) is 65.4 Å². The van der Waals surface area contributed by atoms with Crippen molar-refractivity contribution in [1.29, 1.82) is 0 Å². The van der Waals surface area contributed by atoms with Gasteiger partial charge in [-0.05, 0) is 25.3 Å². The Kier molecular flexibility index (Phi) is 4.33.